The number of rotatable bonds is 3. The van der Waals surface area contributed by atoms with Gasteiger partial charge in [-0.15, -0.1) is 0 Å². The topological polar surface area (TPSA) is 91.7 Å². The summed E-state index contributed by atoms with van der Waals surface area (Å²) in [4.78, 5) is 36.4. The van der Waals surface area contributed by atoms with Gasteiger partial charge in [-0.05, 0) is 38.5 Å². The van der Waals surface area contributed by atoms with Crippen molar-refractivity contribution in [2.45, 2.75) is 38.7 Å². The van der Waals surface area contributed by atoms with Crippen LogP contribution in [0.25, 0.3) is 0 Å². The largest absolute Gasteiger partial charge is 0.508 e. The Morgan fingerprint density at radius 2 is 1.86 bits per heavy atom. The molecule has 2 rings (SSSR count). The SMILES string of the molecule is CC(=O)[C@@H]1C(=O)C[C@](C)(O)[C@H](C(C)=O)[C@H]1c1cccc(O)c1. The first kappa shape index (κ1) is 16.4. The minimum absolute atomic E-state index is 0.0141. The molecule has 1 aromatic rings. The van der Waals surface area contributed by atoms with Crippen LogP contribution in [-0.4, -0.2) is 33.2 Å². The molecule has 1 fully saturated rings. The average Bonchev–Trinajstić information content (AvgIpc) is 2.35. The van der Waals surface area contributed by atoms with Gasteiger partial charge >= 0.3 is 0 Å². The Balaban J connectivity index is 2.64. The van der Waals surface area contributed by atoms with E-state index < -0.39 is 23.4 Å². The molecule has 118 valence electrons. The summed E-state index contributed by atoms with van der Waals surface area (Å²) in [6, 6.07) is 6.15. The number of hydrogen-bond acceptors (Lipinski definition) is 5. The van der Waals surface area contributed by atoms with Crippen LogP contribution in [0.2, 0.25) is 0 Å². The van der Waals surface area contributed by atoms with Gasteiger partial charge in [-0.25, -0.2) is 0 Å². The van der Waals surface area contributed by atoms with Crippen molar-refractivity contribution in [1.82, 2.24) is 0 Å². The highest BCUT2D eigenvalue weighted by Crippen LogP contribution is 2.46. The van der Waals surface area contributed by atoms with E-state index in [4.69, 9.17) is 0 Å². The maximum absolute atomic E-state index is 12.3. The molecule has 5 nitrogen and oxygen atoms in total. The van der Waals surface area contributed by atoms with Crippen LogP contribution in [0.4, 0.5) is 0 Å². The summed E-state index contributed by atoms with van der Waals surface area (Å²) in [5.74, 6) is -3.62. The summed E-state index contributed by atoms with van der Waals surface area (Å²) in [5, 5.41) is 20.2. The van der Waals surface area contributed by atoms with Gasteiger partial charge in [-0.2, -0.15) is 0 Å². The van der Waals surface area contributed by atoms with Gasteiger partial charge in [-0.1, -0.05) is 12.1 Å². The van der Waals surface area contributed by atoms with E-state index in [1.165, 1.54) is 32.9 Å². The lowest BCUT2D eigenvalue weighted by atomic mass is 9.60. The average molecular weight is 304 g/mol. The fraction of sp³-hybridized carbons (Fsp3) is 0.471. The molecule has 0 saturated heterocycles. The predicted octanol–water partition coefficient (Wildman–Crippen LogP) is 1.61. The van der Waals surface area contributed by atoms with E-state index in [9.17, 15) is 24.6 Å². The zero-order valence-electron chi connectivity index (χ0n) is 12.9. The van der Waals surface area contributed by atoms with E-state index >= 15 is 0 Å². The molecule has 0 bridgehead atoms. The highest BCUT2D eigenvalue weighted by molar-refractivity contribution is 6.05. The molecule has 1 aromatic carbocycles. The fourth-order valence-corrected chi connectivity index (χ4v) is 3.64. The number of benzene rings is 1. The summed E-state index contributed by atoms with van der Waals surface area (Å²) in [5.41, 5.74) is -1.00. The van der Waals surface area contributed by atoms with Crippen molar-refractivity contribution in [3.8, 4) is 5.75 Å². The molecular formula is C17H20O5. The molecule has 0 spiro atoms. The Kier molecular flexibility index (Phi) is 4.20. The second-order valence-electron chi connectivity index (χ2n) is 6.30. The van der Waals surface area contributed by atoms with E-state index in [0.29, 0.717) is 5.56 Å². The minimum Gasteiger partial charge on any atom is -0.508 e. The summed E-state index contributed by atoms with van der Waals surface area (Å²) in [6.45, 7) is 4.11. The quantitative estimate of drug-likeness (QED) is 0.828. The highest BCUT2D eigenvalue weighted by atomic mass is 16.3. The van der Waals surface area contributed by atoms with Gasteiger partial charge in [-0.3, -0.25) is 14.4 Å². The van der Waals surface area contributed by atoms with E-state index in [-0.39, 0.29) is 29.5 Å². The smallest absolute Gasteiger partial charge is 0.146 e. The molecule has 5 heteroatoms. The number of aliphatic hydroxyl groups is 1. The highest BCUT2D eigenvalue weighted by Gasteiger charge is 2.53. The van der Waals surface area contributed by atoms with Crippen molar-refractivity contribution >= 4 is 17.3 Å². The molecule has 0 amide bonds. The van der Waals surface area contributed by atoms with E-state index in [0.717, 1.165) is 0 Å². The number of aromatic hydroxyl groups is 1. The standard InChI is InChI=1S/C17H20O5/c1-9(18)14-13(21)8-17(3,22)16(10(2)19)15(14)11-5-4-6-12(20)7-11/h4-7,14-16,20,22H,8H2,1-3H3/t14-,15+,16-,17+/m1/s1. The molecule has 0 radical (unpaired) electrons. The van der Waals surface area contributed by atoms with Crippen molar-refractivity contribution in [2.75, 3.05) is 0 Å². The summed E-state index contributed by atoms with van der Waals surface area (Å²) >= 11 is 0. The number of hydrogen-bond donors (Lipinski definition) is 2. The normalized spacial score (nSPS) is 31.8. The molecule has 0 heterocycles. The maximum atomic E-state index is 12.3. The van der Waals surface area contributed by atoms with Gasteiger partial charge < -0.3 is 10.2 Å². The minimum atomic E-state index is -1.51. The van der Waals surface area contributed by atoms with Crippen molar-refractivity contribution in [3.05, 3.63) is 29.8 Å². The van der Waals surface area contributed by atoms with E-state index in [2.05, 4.69) is 0 Å². The van der Waals surface area contributed by atoms with Crippen molar-refractivity contribution in [1.29, 1.82) is 0 Å². The van der Waals surface area contributed by atoms with Crippen molar-refractivity contribution in [2.24, 2.45) is 11.8 Å². The van der Waals surface area contributed by atoms with E-state index in [1.54, 1.807) is 12.1 Å². The summed E-state index contributed by atoms with van der Waals surface area (Å²) < 4.78 is 0. The molecule has 1 aliphatic rings. The number of phenols is 1. The Bertz CT molecular complexity index is 632. The number of Topliss-reactive ketones (excluding diaryl/α,β-unsaturated/α-hetero) is 3. The van der Waals surface area contributed by atoms with Gasteiger partial charge in [0.1, 0.15) is 23.1 Å². The maximum Gasteiger partial charge on any atom is 0.146 e. The Morgan fingerprint density at radius 3 is 2.36 bits per heavy atom. The molecule has 22 heavy (non-hydrogen) atoms. The molecule has 0 aromatic heterocycles. The van der Waals surface area contributed by atoms with Crippen molar-refractivity contribution in [3.63, 3.8) is 0 Å². The monoisotopic (exact) mass is 304 g/mol. The molecular weight excluding hydrogens is 284 g/mol. The summed E-state index contributed by atoms with van der Waals surface area (Å²) in [6.07, 6.45) is -0.225. The second-order valence-corrected chi connectivity index (χ2v) is 6.30. The van der Waals surface area contributed by atoms with E-state index in [1.807, 2.05) is 0 Å². The number of ketones is 3. The van der Waals surface area contributed by atoms with Crippen LogP contribution in [0.5, 0.6) is 5.75 Å². The fourth-order valence-electron chi connectivity index (χ4n) is 3.64. The van der Waals surface area contributed by atoms with Crippen LogP contribution in [-0.2, 0) is 14.4 Å². The van der Waals surface area contributed by atoms with Crippen LogP contribution in [0, 0.1) is 11.8 Å². The summed E-state index contributed by atoms with van der Waals surface area (Å²) in [7, 11) is 0. The molecule has 4 atom stereocenters. The third-order valence-corrected chi connectivity index (χ3v) is 4.40. The lowest BCUT2D eigenvalue weighted by Gasteiger charge is -2.44. The molecule has 0 aliphatic heterocycles. The molecule has 2 N–H and O–H groups in total. The first-order valence-corrected chi connectivity index (χ1v) is 7.20. The van der Waals surface area contributed by atoms with Gasteiger partial charge in [0.05, 0.1) is 17.4 Å². The number of carbonyl (C=O) groups excluding carboxylic acids is 3. The Hall–Kier alpha value is -2.01. The third kappa shape index (κ3) is 2.81. The van der Waals surface area contributed by atoms with Crippen LogP contribution < -0.4 is 0 Å². The zero-order chi connectivity index (χ0) is 16.7. The molecule has 1 saturated carbocycles. The Labute approximate surface area is 129 Å². The number of carbonyl (C=O) groups is 3. The van der Waals surface area contributed by atoms with Gasteiger partial charge in [0.25, 0.3) is 0 Å². The van der Waals surface area contributed by atoms with Gasteiger partial charge in [0.15, 0.2) is 0 Å². The molecule has 0 unspecified atom stereocenters. The second kappa shape index (κ2) is 5.65. The number of phenolic OH excluding ortho intramolecular Hbond substituents is 1. The van der Waals surface area contributed by atoms with Crippen LogP contribution in [0.3, 0.4) is 0 Å². The first-order chi connectivity index (χ1) is 10.1. The lowest BCUT2D eigenvalue weighted by molar-refractivity contribution is -0.151. The molecule has 1 aliphatic carbocycles. The van der Waals surface area contributed by atoms with Gasteiger partial charge in [0.2, 0.25) is 0 Å². The van der Waals surface area contributed by atoms with Crippen LogP contribution >= 0.6 is 0 Å². The van der Waals surface area contributed by atoms with Crippen molar-refractivity contribution < 1.29 is 24.6 Å². The first-order valence-electron chi connectivity index (χ1n) is 7.20. The lowest BCUT2D eigenvalue weighted by Crippen LogP contribution is -2.53. The van der Waals surface area contributed by atoms with Gasteiger partial charge in [0, 0.05) is 12.3 Å². The Morgan fingerprint density at radius 1 is 1.23 bits per heavy atom. The third-order valence-electron chi connectivity index (χ3n) is 4.40. The van der Waals surface area contributed by atoms with Crippen LogP contribution in [0.1, 0.15) is 38.7 Å². The van der Waals surface area contributed by atoms with Crippen LogP contribution in [0.15, 0.2) is 24.3 Å². The predicted molar refractivity (Wildman–Crippen MR) is 79.4 cm³/mol. The zero-order valence-corrected chi connectivity index (χ0v) is 12.9.